The number of nitrogens with one attached hydrogen (secondary N) is 1. The first-order valence-electron chi connectivity index (χ1n) is 11.5. The second-order valence-corrected chi connectivity index (χ2v) is 9.79. The second-order valence-electron chi connectivity index (χ2n) is 8.11. The Hall–Kier alpha value is -3.46. The zero-order chi connectivity index (χ0) is 24.0. The fraction of sp³-hybridized carbons (Fsp3) is 0.320. The third-order valence-electron chi connectivity index (χ3n) is 5.67. The molecular weight excluding hydrogens is 452 g/mol. The third kappa shape index (κ3) is 5.72. The Morgan fingerprint density at radius 3 is 2.35 bits per heavy atom. The Labute approximate surface area is 200 Å². The molecule has 0 amide bonds. The van der Waals surface area contributed by atoms with Crippen molar-refractivity contribution in [2.45, 2.75) is 37.5 Å². The largest absolute Gasteiger partial charge is 0.462 e. The number of anilines is 2. The monoisotopic (exact) mass is 480 g/mol. The van der Waals surface area contributed by atoms with Crippen molar-refractivity contribution in [1.29, 1.82) is 0 Å². The lowest BCUT2D eigenvalue weighted by atomic mass is 10.1. The number of esters is 1. The topological polar surface area (TPSA) is 101 Å². The maximum absolute atomic E-state index is 12.8. The third-order valence-corrected chi connectivity index (χ3v) is 7.06. The molecule has 0 spiro atoms. The average Bonchev–Trinajstić information content (AvgIpc) is 3.14. The van der Waals surface area contributed by atoms with Crippen LogP contribution in [0.4, 0.5) is 11.5 Å². The quantitative estimate of drug-likeness (QED) is 0.497. The van der Waals surface area contributed by atoms with Crippen molar-refractivity contribution in [3.8, 4) is 11.3 Å². The van der Waals surface area contributed by atoms with Crippen LogP contribution in [0.25, 0.3) is 11.3 Å². The number of aromatic nitrogens is 2. The van der Waals surface area contributed by atoms with E-state index in [0.29, 0.717) is 16.9 Å². The molecule has 1 fully saturated rings. The molecule has 3 aromatic rings. The smallest absolute Gasteiger partial charge is 0.338 e. The van der Waals surface area contributed by atoms with Gasteiger partial charge in [0, 0.05) is 24.3 Å². The van der Waals surface area contributed by atoms with Crippen molar-refractivity contribution in [2.75, 3.05) is 29.3 Å². The van der Waals surface area contributed by atoms with Gasteiger partial charge in [-0.25, -0.2) is 13.2 Å². The zero-order valence-electron chi connectivity index (χ0n) is 19.1. The van der Waals surface area contributed by atoms with Crippen LogP contribution in [0.1, 0.15) is 43.0 Å². The molecule has 178 valence electrons. The van der Waals surface area contributed by atoms with Gasteiger partial charge < -0.3 is 9.64 Å². The van der Waals surface area contributed by atoms with Crippen molar-refractivity contribution < 1.29 is 17.9 Å². The van der Waals surface area contributed by atoms with Crippen LogP contribution in [0.5, 0.6) is 0 Å². The lowest BCUT2D eigenvalue weighted by molar-refractivity contribution is 0.0526. The Kier molecular flexibility index (Phi) is 7.42. The average molecular weight is 481 g/mol. The van der Waals surface area contributed by atoms with Crippen LogP contribution >= 0.6 is 0 Å². The molecule has 0 unspecified atom stereocenters. The highest BCUT2D eigenvalue weighted by Crippen LogP contribution is 2.25. The fourth-order valence-corrected chi connectivity index (χ4v) is 4.94. The van der Waals surface area contributed by atoms with E-state index in [-0.39, 0.29) is 11.5 Å². The number of benzene rings is 2. The van der Waals surface area contributed by atoms with Crippen molar-refractivity contribution >= 4 is 27.5 Å². The minimum atomic E-state index is -3.84. The van der Waals surface area contributed by atoms with Gasteiger partial charge in [-0.05, 0) is 68.3 Å². The van der Waals surface area contributed by atoms with E-state index < -0.39 is 16.0 Å². The summed E-state index contributed by atoms with van der Waals surface area (Å²) in [6.07, 6.45) is 4.83. The molecule has 0 saturated carbocycles. The van der Waals surface area contributed by atoms with Gasteiger partial charge in [0.1, 0.15) is 0 Å². The van der Waals surface area contributed by atoms with E-state index in [1.54, 1.807) is 25.1 Å². The molecule has 1 aliphatic heterocycles. The van der Waals surface area contributed by atoms with Crippen molar-refractivity contribution in [1.82, 2.24) is 10.2 Å². The van der Waals surface area contributed by atoms with E-state index in [1.165, 1.54) is 37.1 Å². The molecular formula is C25H28N4O4S. The normalized spacial score (nSPS) is 14.3. The lowest BCUT2D eigenvalue weighted by Crippen LogP contribution is -2.25. The van der Waals surface area contributed by atoms with Gasteiger partial charge in [0.05, 0.1) is 22.8 Å². The van der Waals surface area contributed by atoms with Crippen LogP contribution in [-0.2, 0) is 14.8 Å². The minimum Gasteiger partial charge on any atom is -0.462 e. The predicted molar refractivity (Wildman–Crippen MR) is 131 cm³/mol. The van der Waals surface area contributed by atoms with Crippen molar-refractivity contribution in [2.24, 2.45) is 0 Å². The molecule has 9 heteroatoms. The van der Waals surface area contributed by atoms with Crippen LogP contribution in [0.3, 0.4) is 0 Å². The Morgan fingerprint density at radius 1 is 0.971 bits per heavy atom. The van der Waals surface area contributed by atoms with E-state index in [1.807, 2.05) is 18.2 Å². The molecule has 1 saturated heterocycles. The van der Waals surface area contributed by atoms with Crippen LogP contribution in [0.15, 0.2) is 65.6 Å². The zero-order valence-corrected chi connectivity index (χ0v) is 19.9. The number of ether oxygens (including phenoxy) is 1. The number of sulfonamides is 1. The van der Waals surface area contributed by atoms with Gasteiger partial charge in [0.2, 0.25) is 0 Å². The van der Waals surface area contributed by atoms with Crippen LogP contribution in [0.2, 0.25) is 0 Å². The first kappa shape index (κ1) is 23.7. The van der Waals surface area contributed by atoms with Crippen LogP contribution in [0, 0.1) is 0 Å². The molecule has 2 heterocycles. The molecule has 1 N–H and O–H groups in total. The number of carbonyl (C=O) groups is 1. The summed E-state index contributed by atoms with van der Waals surface area (Å²) in [6.45, 7) is 3.95. The van der Waals surface area contributed by atoms with E-state index >= 15 is 0 Å². The summed E-state index contributed by atoms with van der Waals surface area (Å²) in [7, 11) is -3.84. The Bertz CT molecular complexity index is 1220. The van der Waals surface area contributed by atoms with E-state index in [9.17, 15) is 13.2 Å². The number of hydrogen-bond donors (Lipinski definition) is 1. The molecule has 8 nitrogen and oxygen atoms in total. The van der Waals surface area contributed by atoms with Gasteiger partial charge in [0.15, 0.2) is 5.82 Å². The highest BCUT2D eigenvalue weighted by molar-refractivity contribution is 7.92. The molecule has 0 radical (unpaired) electrons. The van der Waals surface area contributed by atoms with Gasteiger partial charge in [-0.3, -0.25) is 4.72 Å². The molecule has 2 aromatic carbocycles. The molecule has 1 aromatic heterocycles. The van der Waals surface area contributed by atoms with Gasteiger partial charge >= 0.3 is 5.97 Å². The second kappa shape index (κ2) is 10.6. The number of hydrogen-bond acceptors (Lipinski definition) is 7. The molecule has 0 atom stereocenters. The Morgan fingerprint density at radius 2 is 1.71 bits per heavy atom. The van der Waals surface area contributed by atoms with Gasteiger partial charge in [-0.1, -0.05) is 25.0 Å². The summed E-state index contributed by atoms with van der Waals surface area (Å²) in [5.74, 6) is 0.379. The summed E-state index contributed by atoms with van der Waals surface area (Å²) >= 11 is 0. The highest BCUT2D eigenvalue weighted by Gasteiger charge is 2.17. The van der Waals surface area contributed by atoms with Crippen LogP contribution < -0.4 is 9.62 Å². The van der Waals surface area contributed by atoms with Crippen molar-refractivity contribution in [3.05, 3.63) is 66.2 Å². The van der Waals surface area contributed by atoms with E-state index in [2.05, 4.69) is 19.8 Å². The molecule has 1 aliphatic rings. The summed E-state index contributed by atoms with van der Waals surface area (Å²) in [6, 6.07) is 16.5. The van der Waals surface area contributed by atoms with Gasteiger partial charge in [-0.2, -0.15) is 0 Å². The standard InChI is InChI=1S/C25H28N4O4S/c1-2-33-25(30)19-10-12-22(13-11-19)34(31,32)28-21-9-7-8-20(18-21)23-14-15-24(27-26-23)29-16-5-3-4-6-17-29/h7-15,18,28H,2-6,16-17H2,1H3. The SMILES string of the molecule is CCOC(=O)c1ccc(S(=O)(=O)Nc2cccc(-c3ccc(N4CCCCCC4)nn3)c2)cc1. The summed E-state index contributed by atoms with van der Waals surface area (Å²) < 4.78 is 33.2. The molecule has 0 bridgehead atoms. The molecule has 34 heavy (non-hydrogen) atoms. The molecule has 4 rings (SSSR count). The summed E-state index contributed by atoms with van der Waals surface area (Å²) in [5, 5.41) is 8.79. The van der Waals surface area contributed by atoms with E-state index in [0.717, 1.165) is 37.3 Å². The summed E-state index contributed by atoms with van der Waals surface area (Å²) in [5.41, 5.74) is 2.13. The minimum absolute atomic E-state index is 0.0487. The van der Waals surface area contributed by atoms with Crippen LogP contribution in [-0.4, -0.2) is 44.3 Å². The van der Waals surface area contributed by atoms with Gasteiger partial charge in [0.25, 0.3) is 10.0 Å². The Balaban J connectivity index is 1.48. The predicted octanol–water partition coefficient (Wildman–Crippen LogP) is 4.50. The van der Waals surface area contributed by atoms with Gasteiger partial charge in [-0.15, -0.1) is 10.2 Å². The lowest BCUT2D eigenvalue weighted by Gasteiger charge is -2.20. The maximum Gasteiger partial charge on any atom is 0.338 e. The number of nitrogens with zero attached hydrogens (tertiary/aromatic N) is 3. The number of carbonyl (C=O) groups excluding carboxylic acids is 1. The highest BCUT2D eigenvalue weighted by atomic mass is 32.2. The number of rotatable bonds is 7. The van der Waals surface area contributed by atoms with Crippen molar-refractivity contribution in [3.63, 3.8) is 0 Å². The first-order chi connectivity index (χ1) is 16.5. The fourth-order valence-electron chi connectivity index (χ4n) is 3.89. The molecule has 0 aliphatic carbocycles. The first-order valence-corrected chi connectivity index (χ1v) is 12.9. The summed E-state index contributed by atoms with van der Waals surface area (Å²) in [4.78, 5) is 14.1. The maximum atomic E-state index is 12.8. The van der Waals surface area contributed by atoms with E-state index in [4.69, 9.17) is 4.74 Å².